The summed E-state index contributed by atoms with van der Waals surface area (Å²) in [6.07, 6.45) is 1.66. The quantitative estimate of drug-likeness (QED) is 0.334. The number of carbonyl (C=O) groups is 2. The van der Waals surface area contributed by atoms with E-state index in [2.05, 4.69) is 15.9 Å². The molecule has 30 heavy (non-hydrogen) atoms. The number of hydrogen-bond donors (Lipinski definition) is 1. The van der Waals surface area contributed by atoms with Gasteiger partial charge in [0, 0.05) is 16.6 Å². The van der Waals surface area contributed by atoms with Gasteiger partial charge in [0.15, 0.2) is 0 Å². The normalized spacial score (nSPS) is 18.1. The summed E-state index contributed by atoms with van der Waals surface area (Å²) in [5.41, 5.74) is 2.29. The van der Waals surface area contributed by atoms with Crippen LogP contribution >= 0.6 is 15.9 Å². The lowest BCUT2D eigenvalue weighted by Crippen LogP contribution is -2.30. The maximum absolute atomic E-state index is 13.0. The maximum atomic E-state index is 13.0. The Morgan fingerprint density at radius 2 is 1.93 bits per heavy atom. The minimum absolute atomic E-state index is 0.117. The number of ether oxygens (including phenoxy) is 1. The highest BCUT2D eigenvalue weighted by atomic mass is 79.9. The smallest absolute Gasteiger partial charge is 0.295 e. The molecule has 1 saturated heterocycles. The van der Waals surface area contributed by atoms with E-state index in [-0.39, 0.29) is 11.3 Å². The monoisotopic (exact) mass is 471 g/mol. The van der Waals surface area contributed by atoms with Gasteiger partial charge in [-0.2, -0.15) is 0 Å². The molecule has 0 radical (unpaired) electrons. The fraction of sp³-hybridized carbons (Fsp3) is 0.333. The molecule has 1 unspecified atom stereocenters. The van der Waals surface area contributed by atoms with E-state index in [0.29, 0.717) is 24.5 Å². The van der Waals surface area contributed by atoms with Gasteiger partial charge in [0.25, 0.3) is 11.7 Å². The van der Waals surface area contributed by atoms with E-state index >= 15 is 0 Å². The number of amides is 1. The fourth-order valence-electron chi connectivity index (χ4n) is 3.67. The van der Waals surface area contributed by atoms with Crippen molar-refractivity contribution >= 4 is 33.4 Å². The zero-order valence-electron chi connectivity index (χ0n) is 17.4. The van der Waals surface area contributed by atoms with Gasteiger partial charge in [-0.15, -0.1) is 0 Å². The van der Waals surface area contributed by atoms with Crippen LogP contribution in [0.25, 0.3) is 5.76 Å². The molecule has 1 heterocycles. The summed E-state index contributed by atoms with van der Waals surface area (Å²) < 4.78 is 6.52. The highest BCUT2D eigenvalue weighted by Crippen LogP contribution is 2.40. The molecule has 3 rings (SSSR count). The van der Waals surface area contributed by atoms with Gasteiger partial charge in [-0.05, 0) is 55.7 Å². The van der Waals surface area contributed by atoms with Gasteiger partial charge in [0.05, 0.1) is 18.2 Å². The minimum Gasteiger partial charge on any atom is -0.507 e. The van der Waals surface area contributed by atoms with Crippen LogP contribution in [0.2, 0.25) is 0 Å². The van der Waals surface area contributed by atoms with Crippen LogP contribution in [0, 0.1) is 6.92 Å². The number of aryl methyl sites for hydroxylation is 1. The Morgan fingerprint density at radius 1 is 1.17 bits per heavy atom. The third-order valence-electron chi connectivity index (χ3n) is 5.21. The van der Waals surface area contributed by atoms with Crippen molar-refractivity contribution in [3.63, 3.8) is 0 Å². The molecule has 0 bridgehead atoms. The Hall–Kier alpha value is -2.60. The van der Waals surface area contributed by atoms with E-state index < -0.39 is 17.7 Å². The van der Waals surface area contributed by atoms with E-state index in [1.54, 1.807) is 17.0 Å². The molecule has 5 nitrogen and oxygen atoms in total. The third-order valence-corrected chi connectivity index (χ3v) is 6.10. The number of Topliss-reactive ketones (excluding diaryl/α,β-unsaturated/α-hetero) is 1. The van der Waals surface area contributed by atoms with Crippen molar-refractivity contribution < 1.29 is 19.4 Å². The minimum atomic E-state index is -0.656. The first-order valence-corrected chi connectivity index (χ1v) is 11.0. The van der Waals surface area contributed by atoms with Gasteiger partial charge in [-0.1, -0.05) is 47.5 Å². The van der Waals surface area contributed by atoms with E-state index in [4.69, 9.17) is 4.74 Å². The number of aliphatic hydroxyl groups is 1. The Labute approximate surface area is 185 Å². The summed E-state index contributed by atoms with van der Waals surface area (Å²) in [5.74, 6) is -0.730. The number of unbranched alkanes of at least 4 members (excludes halogenated alkanes) is 1. The van der Waals surface area contributed by atoms with Crippen molar-refractivity contribution in [3.8, 4) is 5.75 Å². The number of likely N-dealkylation sites (tertiary alicyclic amines) is 1. The Balaban J connectivity index is 2.17. The average molecular weight is 472 g/mol. The number of benzene rings is 2. The Kier molecular flexibility index (Phi) is 6.98. The van der Waals surface area contributed by atoms with Crippen molar-refractivity contribution in [2.45, 2.75) is 39.7 Å². The predicted molar refractivity (Wildman–Crippen MR) is 120 cm³/mol. The van der Waals surface area contributed by atoms with Crippen molar-refractivity contribution in [2.75, 3.05) is 13.2 Å². The highest BCUT2D eigenvalue weighted by Gasteiger charge is 2.45. The number of carbonyl (C=O) groups excluding carboxylic acids is 2. The van der Waals surface area contributed by atoms with Crippen LogP contribution in [0.3, 0.4) is 0 Å². The summed E-state index contributed by atoms with van der Waals surface area (Å²) in [5, 5.41) is 11.1. The second-order valence-electron chi connectivity index (χ2n) is 7.32. The van der Waals surface area contributed by atoms with E-state index in [9.17, 15) is 14.7 Å². The molecule has 1 aliphatic rings. The van der Waals surface area contributed by atoms with Gasteiger partial charge >= 0.3 is 0 Å². The summed E-state index contributed by atoms with van der Waals surface area (Å²) in [4.78, 5) is 27.4. The molecule has 158 valence electrons. The zero-order valence-corrected chi connectivity index (χ0v) is 19.0. The first-order chi connectivity index (χ1) is 14.4. The lowest BCUT2D eigenvalue weighted by molar-refractivity contribution is -0.139. The van der Waals surface area contributed by atoms with Crippen LogP contribution in [0.4, 0.5) is 0 Å². The second kappa shape index (κ2) is 9.47. The molecule has 0 saturated carbocycles. The fourth-order valence-corrected chi connectivity index (χ4v) is 3.92. The summed E-state index contributed by atoms with van der Waals surface area (Å²) >= 11 is 3.45. The lowest BCUT2D eigenvalue weighted by Gasteiger charge is -2.25. The lowest BCUT2D eigenvalue weighted by atomic mass is 9.94. The van der Waals surface area contributed by atoms with Crippen LogP contribution < -0.4 is 4.74 Å². The molecular weight excluding hydrogens is 446 g/mol. The molecule has 2 aromatic rings. The molecule has 1 amide bonds. The van der Waals surface area contributed by atoms with Gasteiger partial charge < -0.3 is 14.7 Å². The van der Waals surface area contributed by atoms with Crippen molar-refractivity contribution in [1.29, 1.82) is 0 Å². The number of nitrogens with zero attached hydrogens (tertiary/aromatic N) is 1. The van der Waals surface area contributed by atoms with Gasteiger partial charge in [-0.25, -0.2) is 0 Å². The van der Waals surface area contributed by atoms with Crippen molar-refractivity contribution in [1.82, 2.24) is 4.90 Å². The number of hydrogen-bond acceptors (Lipinski definition) is 4. The summed E-state index contributed by atoms with van der Waals surface area (Å²) in [6.45, 7) is 6.80. The topological polar surface area (TPSA) is 66.8 Å². The highest BCUT2D eigenvalue weighted by molar-refractivity contribution is 9.10. The summed E-state index contributed by atoms with van der Waals surface area (Å²) in [7, 11) is 0. The first kappa shape index (κ1) is 22.1. The third kappa shape index (κ3) is 4.29. The average Bonchev–Trinajstić information content (AvgIpc) is 2.99. The summed E-state index contributed by atoms with van der Waals surface area (Å²) in [6, 6.07) is 12.1. The van der Waals surface area contributed by atoms with Crippen LogP contribution in [0.1, 0.15) is 49.4 Å². The number of aliphatic hydroxyl groups excluding tert-OH is 1. The van der Waals surface area contributed by atoms with Gasteiger partial charge in [0.1, 0.15) is 11.5 Å². The Morgan fingerprint density at radius 3 is 2.60 bits per heavy atom. The maximum Gasteiger partial charge on any atom is 0.295 e. The standard InChI is InChI=1S/C24H26BrNO4/c1-4-6-12-26-21(16-8-7-9-18(14-16)30-5-2)20(23(28)24(26)29)22(27)17-10-11-19(25)15(3)13-17/h7-11,13-14,21,27H,4-6,12H2,1-3H3/b22-20-. The molecule has 1 fully saturated rings. The Bertz CT molecular complexity index is 998. The molecule has 0 aliphatic carbocycles. The molecule has 1 atom stereocenters. The first-order valence-electron chi connectivity index (χ1n) is 10.2. The van der Waals surface area contributed by atoms with E-state index in [0.717, 1.165) is 28.4 Å². The van der Waals surface area contributed by atoms with Crippen LogP contribution in [-0.4, -0.2) is 34.8 Å². The van der Waals surface area contributed by atoms with Gasteiger partial charge in [0.2, 0.25) is 0 Å². The predicted octanol–water partition coefficient (Wildman–Crippen LogP) is 5.38. The molecule has 0 aromatic heterocycles. The van der Waals surface area contributed by atoms with Crippen LogP contribution in [0.15, 0.2) is 52.5 Å². The SMILES string of the molecule is CCCCN1C(=O)C(=O)/C(=C(\O)c2ccc(Br)c(C)c2)C1c1cccc(OCC)c1. The van der Waals surface area contributed by atoms with Crippen molar-refractivity contribution in [2.24, 2.45) is 0 Å². The molecule has 1 N–H and O–H groups in total. The molecule has 2 aromatic carbocycles. The molecule has 6 heteroatoms. The van der Waals surface area contributed by atoms with Crippen LogP contribution in [0.5, 0.6) is 5.75 Å². The molecule has 1 aliphatic heterocycles. The second-order valence-corrected chi connectivity index (χ2v) is 8.17. The van der Waals surface area contributed by atoms with E-state index in [1.807, 2.05) is 51.1 Å². The van der Waals surface area contributed by atoms with Crippen molar-refractivity contribution in [3.05, 3.63) is 69.2 Å². The molecular formula is C24H26BrNO4. The number of halogens is 1. The number of rotatable bonds is 7. The van der Waals surface area contributed by atoms with E-state index in [1.165, 1.54) is 0 Å². The molecule has 0 spiro atoms. The largest absolute Gasteiger partial charge is 0.507 e. The van der Waals surface area contributed by atoms with Crippen LogP contribution in [-0.2, 0) is 9.59 Å². The zero-order chi connectivity index (χ0) is 21.8. The number of ketones is 1. The van der Waals surface area contributed by atoms with Gasteiger partial charge in [-0.3, -0.25) is 9.59 Å².